The first-order valence-corrected chi connectivity index (χ1v) is 10.0. The number of aliphatic hydroxyl groups excluding tert-OH is 1. The zero-order chi connectivity index (χ0) is 17.9. The van der Waals surface area contributed by atoms with Crippen LogP contribution in [0.25, 0.3) is 0 Å². The smallest absolute Gasteiger partial charge is 0.168 e. The Labute approximate surface area is 154 Å². The number of allylic oxidation sites excluding steroid dienone is 2. The van der Waals surface area contributed by atoms with E-state index in [0.29, 0.717) is 35.8 Å². The SMILES string of the molecule is CCCSC(C)CC1CC(=O)C(C(CC)=NOCC=CCl)=C(O)C1. The van der Waals surface area contributed by atoms with E-state index in [1.165, 1.54) is 5.54 Å². The number of carbonyl (C=O) groups excluding carboxylic acids is 1. The number of halogens is 1. The molecule has 0 aromatic heterocycles. The van der Waals surface area contributed by atoms with Crippen LogP contribution in [0.15, 0.2) is 28.1 Å². The van der Waals surface area contributed by atoms with Gasteiger partial charge in [0.05, 0.1) is 11.3 Å². The van der Waals surface area contributed by atoms with Crippen LogP contribution in [0.2, 0.25) is 0 Å². The van der Waals surface area contributed by atoms with Crippen molar-refractivity contribution in [2.45, 2.75) is 58.1 Å². The molecule has 1 N–H and O–H groups in total. The molecule has 0 aromatic rings. The Morgan fingerprint density at radius 3 is 2.83 bits per heavy atom. The average Bonchev–Trinajstić information content (AvgIpc) is 2.54. The number of Topliss-reactive ketones (excluding diaryl/α,β-unsaturated/α-hetero) is 1. The Bertz CT molecular complexity index is 502. The van der Waals surface area contributed by atoms with E-state index in [1.54, 1.807) is 6.08 Å². The number of ketones is 1. The molecule has 0 radical (unpaired) electrons. The molecule has 0 saturated carbocycles. The lowest BCUT2D eigenvalue weighted by Crippen LogP contribution is -2.26. The number of oxime groups is 1. The summed E-state index contributed by atoms with van der Waals surface area (Å²) in [6.45, 7) is 6.49. The number of aliphatic hydroxyl groups is 1. The number of rotatable bonds is 10. The van der Waals surface area contributed by atoms with Crippen molar-refractivity contribution in [3.8, 4) is 0 Å². The first kappa shape index (κ1) is 21.1. The first-order chi connectivity index (χ1) is 11.5. The maximum absolute atomic E-state index is 12.5. The van der Waals surface area contributed by atoms with Gasteiger partial charge in [0.25, 0.3) is 0 Å². The van der Waals surface area contributed by atoms with Gasteiger partial charge in [-0.25, -0.2) is 0 Å². The van der Waals surface area contributed by atoms with E-state index in [2.05, 4.69) is 19.0 Å². The van der Waals surface area contributed by atoms with Crippen LogP contribution in [0.3, 0.4) is 0 Å². The summed E-state index contributed by atoms with van der Waals surface area (Å²) in [5.41, 5.74) is 2.20. The summed E-state index contributed by atoms with van der Waals surface area (Å²) in [6.07, 6.45) is 5.26. The van der Waals surface area contributed by atoms with Crippen LogP contribution in [0.4, 0.5) is 0 Å². The molecule has 2 unspecified atom stereocenters. The molecular formula is C18H28ClNO3S. The molecule has 136 valence electrons. The van der Waals surface area contributed by atoms with Crippen LogP contribution in [0, 0.1) is 5.92 Å². The van der Waals surface area contributed by atoms with Gasteiger partial charge in [-0.2, -0.15) is 11.8 Å². The van der Waals surface area contributed by atoms with Gasteiger partial charge in [-0.15, -0.1) is 0 Å². The lowest BCUT2D eigenvalue weighted by atomic mass is 9.82. The van der Waals surface area contributed by atoms with E-state index in [4.69, 9.17) is 16.4 Å². The summed E-state index contributed by atoms with van der Waals surface area (Å²) in [5, 5.41) is 14.9. The standard InChI is InChI=1S/C18H28ClNO3S/c1-4-9-24-13(3)10-14-11-16(21)18(17(22)12-14)15(5-2)20-23-8-6-7-19/h6-7,13-14,21H,4-5,8-12H2,1-3H3. The van der Waals surface area contributed by atoms with Gasteiger partial charge in [-0.05, 0) is 37.0 Å². The minimum Gasteiger partial charge on any atom is -0.511 e. The summed E-state index contributed by atoms with van der Waals surface area (Å²) in [5.74, 6) is 1.46. The Kier molecular flexibility index (Phi) is 10.2. The molecule has 0 saturated heterocycles. The summed E-state index contributed by atoms with van der Waals surface area (Å²) in [7, 11) is 0. The van der Waals surface area contributed by atoms with Gasteiger partial charge in [0.1, 0.15) is 12.4 Å². The largest absolute Gasteiger partial charge is 0.511 e. The Hall–Kier alpha value is -0.940. The predicted molar refractivity (Wildman–Crippen MR) is 103 cm³/mol. The van der Waals surface area contributed by atoms with Crippen LogP contribution in [-0.2, 0) is 9.63 Å². The third kappa shape index (κ3) is 6.89. The predicted octanol–water partition coefficient (Wildman–Crippen LogP) is 5.23. The highest BCUT2D eigenvalue weighted by Crippen LogP contribution is 2.32. The van der Waals surface area contributed by atoms with E-state index in [0.717, 1.165) is 18.6 Å². The molecule has 1 rings (SSSR count). The van der Waals surface area contributed by atoms with Crippen molar-refractivity contribution in [2.75, 3.05) is 12.4 Å². The van der Waals surface area contributed by atoms with Crippen LogP contribution < -0.4 is 0 Å². The first-order valence-electron chi connectivity index (χ1n) is 8.54. The van der Waals surface area contributed by atoms with Gasteiger partial charge in [-0.3, -0.25) is 4.79 Å². The minimum atomic E-state index is -0.0338. The van der Waals surface area contributed by atoms with Gasteiger partial charge < -0.3 is 9.94 Å². The molecule has 1 aliphatic carbocycles. The van der Waals surface area contributed by atoms with E-state index >= 15 is 0 Å². The van der Waals surface area contributed by atoms with Crippen molar-refractivity contribution in [2.24, 2.45) is 11.1 Å². The number of nitrogens with zero attached hydrogens (tertiary/aromatic N) is 1. The van der Waals surface area contributed by atoms with E-state index in [-0.39, 0.29) is 24.1 Å². The molecule has 0 heterocycles. The maximum atomic E-state index is 12.5. The third-order valence-electron chi connectivity index (χ3n) is 3.85. The van der Waals surface area contributed by atoms with Crippen molar-refractivity contribution in [3.63, 3.8) is 0 Å². The lowest BCUT2D eigenvalue weighted by molar-refractivity contribution is -0.116. The lowest BCUT2D eigenvalue weighted by Gasteiger charge is -2.25. The molecule has 6 heteroatoms. The molecule has 0 fully saturated rings. The van der Waals surface area contributed by atoms with E-state index < -0.39 is 0 Å². The van der Waals surface area contributed by atoms with Crippen LogP contribution in [-0.4, -0.2) is 34.2 Å². The van der Waals surface area contributed by atoms with Crippen molar-refractivity contribution in [1.82, 2.24) is 0 Å². The van der Waals surface area contributed by atoms with Crippen molar-refractivity contribution < 1.29 is 14.7 Å². The molecule has 0 aromatic carbocycles. The summed E-state index contributed by atoms with van der Waals surface area (Å²) in [4.78, 5) is 17.6. The Morgan fingerprint density at radius 2 is 2.25 bits per heavy atom. The third-order valence-corrected chi connectivity index (χ3v) is 5.44. The van der Waals surface area contributed by atoms with Crippen LogP contribution in [0.1, 0.15) is 52.9 Å². The fraction of sp³-hybridized carbons (Fsp3) is 0.667. The summed E-state index contributed by atoms with van der Waals surface area (Å²) >= 11 is 7.35. The second-order valence-electron chi connectivity index (χ2n) is 5.99. The second kappa shape index (κ2) is 11.6. The molecular weight excluding hydrogens is 346 g/mol. The van der Waals surface area contributed by atoms with Crippen molar-refractivity contribution in [1.29, 1.82) is 0 Å². The van der Waals surface area contributed by atoms with Gasteiger partial charge in [0, 0.05) is 23.6 Å². The van der Waals surface area contributed by atoms with Gasteiger partial charge in [-0.1, -0.05) is 37.5 Å². The summed E-state index contributed by atoms with van der Waals surface area (Å²) in [6, 6.07) is 0. The van der Waals surface area contributed by atoms with E-state index in [9.17, 15) is 9.90 Å². The Morgan fingerprint density at radius 1 is 1.50 bits per heavy atom. The fourth-order valence-electron chi connectivity index (χ4n) is 2.81. The monoisotopic (exact) mass is 373 g/mol. The van der Waals surface area contributed by atoms with Crippen LogP contribution in [0.5, 0.6) is 0 Å². The molecule has 2 atom stereocenters. The number of hydrogen-bond acceptors (Lipinski definition) is 5. The zero-order valence-electron chi connectivity index (χ0n) is 14.8. The molecule has 1 aliphatic rings. The zero-order valence-corrected chi connectivity index (χ0v) is 16.3. The summed E-state index contributed by atoms with van der Waals surface area (Å²) < 4.78 is 0. The highest BCUT2D eigenvalue weighted by molar-refractivity contribution is 7.99. The van der Waals surface area contributed by atoms with Gasteiger partial charge in [0.15, 0.2) is 5.78 Å². The topological polar surface area (TPSA) is 58.9 Å². The Balaban J connectivity index is 2.75. The second-order valence-corrected chi connectivity index (χ2v) is 7.78. The number of carbonyl (C=O) groups is 1. The average molecular weight is 374 g/mol. The fourth-order valence-corrected chi connectivity index (χ4v) is 3.92. The molecule has 0 spiro atoms. The maximum Gasteiger partial charge on any atom is 0.168 e. The molecule has 4 nitrogen and oxygen atoms in total. The quantitative estimate of drug-likeness (QED) is 0.323. The highest BCUT2D eigenvalue weighted by Gasteiger charge is 2.31. The number of thioether (sulfide) groups is 1. The van der Waals surface area contributed by atoms with Crippen LogP contribution >= 0.6 is 23.4 Å². The van der Waals surface area contributed by atoms with Crippen molar-refractivity contribution >= 4 is 34.9 Å². The normalized spacial score (nSPS) is 20.8. The molecule has 0 amide bonds. The van der Waals surface area contributed by atoms with Gasteiger partial charge in [0.2, 0.25) is 0 Å². The molecule has 0 bridgehead atoms. The van der Waals surface area contributed by atoms with Gasteiger partial charge >= 0.3 is 0 Å². The van der Waals surface area contributed by atoms with E-state index in [1.807, 2.05) is 18.7 Å². The number of hydrogen-bond donors (Lipinski definition) is 1. The van der Waals surface area contributed by atoms with Crippen molar-refractivity contribution in [3.05, 3.63) is 22.9 Å². The molecule has 24 heavy (non-hydrogen) atoms. The minimum absolute atomic E-state index is 0.0338. The highest BCUT2D eigenvalue weighted by atomic mass is 35.5. The molecule has 0 aliphatic heterocycles.